The van der Waals surface area contributed by atoms with E-state index in [1.165, 1.54) is 11.8 Å². The first-order valence-electron chi connectivity index (χ1n) is 10.1. The smallest absolute Gasteiger partial charge is 0.234 e. The maximum Gasteiger partial charge on any atom is 0.234 e. The number of methoxy groups -OCH3 is 1. The summed E-state index contributed by atoms with van der Waals surface area (Å²) in [6, 6.07) is 17.0. The monoisotopic (exact) mass is 457 g/mol. The van der Waals surface area contributed by atoms with E-state index in [4.69, 9.17) is 4.74 Å². The van der Waals surface area contributed by atoms with E-state index in [-0.39, 0.29) is 11.7 Å². The number of aromatic amines is 1. The molecule has 0 radical (unpaired) electrons. The van der Waals surface area contributed by atoms with E-state index in [0.717, 1.165) is 27.9 Å². The van der Waals surface area contributed by atoms with Crippen LogP contribution in [0.3, 0.4) is 0 Å². The van der Waals surface area contributed by atoms with Gasteiger partial charge in [0.2, 0.25) is 5.91 Å². The summed E-state index contributed by atoms with van der Waals surface area (Å²) in [4.78, 5) is 16.8. The Morgan fingerprint density at radius 3 is 2.79 bits per heavy atom. The quantitative estimate of drug-likeness (QED) is 0.356. The number of fused-ring (bicyclic) bond motifs is 1. The van der Waals surface area contributed by atoms with Gasteiger partial charge in [0, 0.05) is 34.7 Å². The lowest BCUT2D eigenvalue weighted by molar-refractivity contribution is -0.113. The number of hydrogen-bond acceptors (Lipinski definition) is 7. The molecular formula is C23H19N7O2S. The van der Waals surface area contributed by atoms with E-state index < -0.39 is 0 Å². The van der Waals surface area contributed by atoms with Gasteiger partial charge in [-0.3, -0.25) is 19.4 Å². The number of H-pyrrole nitrogens is 1. The summed E-state index contributed by atoms with van der Waals surface area (Å²) in [6.45, 7) is 0. The third kappa shape index (κ3) is 4.41. The number of benzene rings is 2. The summed E-state index contributed by atoms with van der Waals surface area (Å²) in [7, 11) is 1.62. The van der Waals surface area contributed by atoms with Gasteiger partial charge in [0.1, 0.15) is 5.75 Å². The van der Waals surface area contributed by atoms with Gasteiger partial charge in [-0.2, -0.15) is 5.10 Å². The van der Waals surface area contributed by atoms with Gasteiger partial charge < -0.3 is 10.1 Å². The Morgan fingerprint density at radius 2 is 2.00 bits per heavy atom. The molecule has 33 heavy (non-hydrogen) atoms. The van der Waals surface area contributed by atoms with Crippen molar-refractivity contribution in [2.75, 3.05) is 18.2 Å². The molecule has 0 unspecified atom stereocenters. The van der Waals surface area contributed by atoms with Gasteiger partial charge in [-0.25, -0.2) is 0 Å². The van der Waals surface area contributed by atoms with Gasteiger partial charge >= 0.3 is 0 Å². The highest BCUT2D eigenvalue weighted by Gasteiger charge is 2.18. The van der Waals surface area contributed by atoms with Crippen LogP contribution in [0.5, 0.6) is 5.75 Å². The molecule has 0 atom stereocenters. The maximum absolute atomic E-state index is 12.6. The first kappa shape index (κ1) is 20.7. The number of rotatable bonds is 7. The Balaban J connectivity index is 1.38. The average molecular weight is 458 g/mol. The molecule has 0 aliphatic carbocycles. The average Bonchev–Trinajstić information content (AvgIpc) is 3.50. The molecule has 5 aromatic rings. The molecule has 3 heterocycles. The van der Waals surface area contributed by atoms with Gasteiger partial charge in [-0.1, -0.05) is 11.8 Å². The normalized spacial score (nSPS) is 10.9. The second kappa shape index (κ2) is 9.13. The predicted octanol–water partition coefficient (Wildman–Crippen LogP) is 3.95. The van der Waals surface area contributed by atoms with Crippen LogP contribution in [0.4, 0.5) is 5.69 Å². The molecule has 0 spiro atoms. The fraction of sp³-hybridized carbons (Fsp3) is 0.0870. The second-order valence-electron chi connectivity index (χ2n) is 7.09. The fourth-order valence-corrected chi connectivity index (χ4v) is 4.10. The third-order valence-electron chi connectivity index (χ3n) is 4.94. The van der Waals surface area contributed by atoms with Crippen LogP contribution in [-0.4, -0.2) is 48.7 Å². The number of aromatic nitrogens is 6. The van der Waals surface area contributed by atoms with Crippen LogP contribution in [0.1, 0.15) is 0 Å². The summed E-state index contributed by atoms with van der Waals surface area (Å²) >= 11 is 1.31. The van der Waals surface area contributed by atoms with E-state index in [1.807, 2.05) is 59.2 Å². The van der Waals surface area contributed by atoms with Crippen LogP contribution in [0.15, 0.2) is 78.3 Å². The number of amides is 1. The van der Waals surface area contributed by atoms with Crippen LogP contribution in [0.2, 0.25) is 0 Å². The number of thioether (sulfide) groups is 1. The Hall–Kier alpha value is -4.18. The minimum absolute atomic E-state index is 0.147. The van der Waals surface area contributed by atoms with Crippen molar-refractivity contribution in [1.29, 1.82) is 0 Å². The van der Waals surface area contributed by atoms with Gasteiger partial charge in [0.25, 0.3) is 0 Å². The molecule has 0 bridgehead atoms. The van der Waals surface area contributed by atoms with Crippen LogP contribution in [0.25, 0.3) is 28.0 Å². The van der Waals surface area contributed by atoms with Gasteiger partial charge in [-0.05, 0) is 54.6 Å². The molecule has 2 N–H and O–H groups in total. The number of hydrogen-bond donors (Lipinski definition) is 2. The number of nitrogens with zero attached hydrogens (tertiary/aromatic N) is 5. The van der Waals surface area contributed by atoms with Crippen molar-refractivity contribution < 1.29 is 9.53 Å². The summed E-state index contributed by atoms with van der Waals surface area (Å²) in [6.07, 6.45) is 5.18. The summed E-state index contributed by atoms with van der Waals surface area (Å²) in [5, 5.41) is 20.1. The Kier molecular flexibility index (Phi) is 5.73. The number of ether oxygens (including phenoxy) is 1. The molecule has 0 aliphatic rings. The molecule has 2 aromatic carbocycles. The molecule has 0 aliphatic heterocycles. The standard InChI is InChI=1S/C23H19N7O2S/c1-32-19-8-6-18(7-9-19)30-22(16-3-2-10-24-12-16)28-29-23(30)33-14-21(31)26-17-5-4-15-13-25-27-20(15)11-17/h2-13H,14H2,1H3,(H,25,27)(H,26,31). The van der Waals surface area contributed by atoms with Crippen LogP contribution in [-0.2, 0) is 4.79 Å². The zero-order valence-corrected chi connectivity index (χ0v) is 18.4. The largest absolute Gasteiger partial charge is 0.497 e. The van der Waals surface area contributed by atoms with E-state index >= 15 is 0 Å². The van der Waals surface area contributed by atoms with Crippen LogP contribution in [0, 0.1) is 0 Å². The van der Waals surface area contributed by atoms with Gasteiger partial charge in [0.15, 0.2) is 11.0 Å². The molecule has 3 aromatic heterocycles. The highest BCUT2D eigenvalue weighted by atomic mass is 32.2. The molecule has 0 fully saturated rings. The molecule has 9 nitrogen and oxygen atoms in total. The van der Waals surface area contributed by atoms with Crippen molar-refractivity contribution in [2.24, 2.45) is 0 Å². The zero-order valence-electron chi connectivity index (χ0n) is 17.6. The number of nitrogens with one attached hydrogen (secondary N) is 2. The van der Waals surface area contributed by atoms with E-state index in [2.05, 4.69) is 30.7 Å². The lowest BCUT2D eigenvalue weighted by atomic mass is 10.2. The number of carbonyl (C=O) groups excluding carboxylic acids is 1. The molecule has 10 heteroatoms. The molecule has 5 rings (SSSR count). The van der Waals surface area contributed by atoms with E-state index in [0.29, 0.717) is 16.7 Å². The van der Waals surface area contributed by atoms with Crippen molar-refractivity contribution in [3.63, 3.8) is 0 Å². The maximum atomic E-state index is 12.6. The first-order valence-corrected chi connectivity index (χ1v) is 11.1. The molecule has 0 saturated heterocycles. The van der Waals surface area contributed by atoms with Crippen molar-refractivity contribution in [3.8, 4) is 22.8 Å². The lowest BCUT2D eigenvalue weighted by Crippen LogP contribution is -2.14. The summed E-state index contributed by atoms with van der Waals surface area (Å²) in [5.74, 6) is 1.41. The minimum atomic E-state index is -0.147. The lowest BCUT2D eigenvalue weighted by Gasteiger charge is -2.11. The topological polar surface area (TPSA) is 111 Å². The summed E-state index contributed by atoms with van der Waals surface area (Å²) in [5.41, 5.74) is 3.24. The number of pyridine rings is 1. The molecule has 1 amide bonds. The fourth-order valence-electron chi connectivity index (χ4n) is 3.35. The van der Waals surface area contributed by atoms with Crippen LogP contribution >= 0.6 is 11.8 Å². The second-order valence-corrected chi connectivity index (χ2v) is 8.03. The first-order chi connectivity index (χ1) is 16.2. The highest BCUT2D eigenvalue weighted by Crippen LogP contribution is 2.28. The third-order valence-corrected chi connectivity index (χ3v) is 5.87. The highest BCUT2D eigenvalue weighted by molar-refractivity contribution is 7.99. The SMILES string of the molecule is COc1ccc(-n2c(SCC(=O)Nc3ccc4cn[nH]c4c3)nnc2-c2cccnc2)cc1. The molecule has 164 valence electrons. The molecule has 0 saturated carbocycles. The van der Waals surface area contributed by atoms with E-state index in [9.17, 15) is 4.79 Å². The van der Waals surface area contributed by atoms with Crippen molar-refractivity contribution in [3.05, 3.63) is 73.2 Å². The number of carbonyl (C=O) groups is 1. The van der Waals surface area contributed by atoms with Crippen molar-refractivity contribution in [1.82, 2.24) is 29.9 Å². The Bertz CT molecular complexity index is 1400. The molecular weight excluding hydrogens is 438 g/mol. The minimum Gasteiger partial charge on any atom is -0.497 e. The van der Waals surface area contributed by atoms with Crippen LogP contribution < -0.4 is 10.1 Å². The van der Waals surface area contributed by atoms with E-state index in [1.54, 1.807) is 25.7 Å². The predicted molar refractivity (Wildman–Crippen MR) is 127 cm³/mol. The Labute approximate surface area is 193 Å². The van der Waals surface area contributed by atoms with Gasteiger partial charge in [-0.15, -0.1) is 10.2 Å². The Morgan fingerprint density at radius 1 is 1.12 bits per heavy atom. The summed E-state index contributed by atoms with van der Waals surface area (Å²) < 4.78 is 7.18. The van der Waals surface area contributed by atoms with Gasteiger partial charge in [0.05, 0.1) is 24.6 Å². The van der Waals surface area contributed by atoms with Crippen molar-refractivity contribution in [2.45, 2.75) is 5.16 Å². The number of anilines is 1. The zero-order chi connectivity index (χ0) is 22.6. The van der Waals surface area contributed by atoms with Crippen molar-refractivity contribution >= 4 is 34.3 Å².